The van der Waals surface area contributed by atoms with Gasteiger partial charge < -0.3 is 9.88 Å². The van der Waals surface area contributed by atoms with E-state index in [-0.39, 0.29) is 0 Å². The van der Waals surface area contributed by atoms with Crippen molar-refractivity contribution >= 4 is 0 Å². The SMILES string of the molecule is CC1C2CNCC2CN1CCCn1ccnc1. The first-order valence-electron chi connectivity index (χ1n) is 6.75. The molecule has 2 aliphatic rings. The summed E-state index contributed by atoms with van der Waals surface area (Å²) >= 11 is 0. The summed E-state index contributed by atoms with van der Waals surface area (Å²) in [7, 11) is 0. The van der Waals surface area contributed by atoms with Crippen molar-refractivity contribution in [2.75, 3.05) is 26.2 Å². The molecule has 94 valence electrons. The summed E-state index contributed by atoms with van der Waals surface area (Å²) in [6.07, 6.45) is 7.04. The van der Waals surface area contributed by atoms with E-state index in [0.29, 0.717) is 0 Å². The fraction of sp³-hybridized carbons (Fsp3) is 0.769. The topological polar surface area (TPSA) is 33.1 Å². The van der Waals surface area contributed by atoms with Crippen molar-refractivity contribution in [3.63, 3.8) is 0 Å². The molecule has 0 spiro atoms. The molecule has 3 atom stereocenters. The highest BCUT2D eigenvalue weighted by atomic mass is 15.2. The van der Waals surface area contributed by atoms with Crippen LogP contribution in [0.3, 0.4) is 0 Å². The second-order valence-corrected chi connectivity index (χ2v) is 5.47. The summed E-state index contributed by atoms with van der Waals surface area (Å²) in [5.41, 5.74) is 0. The minimum atomic E-state index is 0.762. The maximum atomic E-state index is 4.08. The van der Waals surface area contributed by atoms with Crippen LogP contribution >= 0.6 is 0 Å². The Hall–Kier alpha value is -0.870. The molecular weight excluding hydrogens is 212 g/mol. The number of likely N-dealkylation sites (tertiary alicyclic amines) is 1. The summed E-state index contributed by atoms with van der Waals surface area (Å²) in [5.74, 6) is 1.79. The fourth-order valence-corrected chi connectivity index (χ4v) is 3.43. The zero-order chi connectivity index (χ0) is 11.7. The van der Waals surface area contributed by atoms with Crippen molar-refractivity contribution < 1.29 is 0 Å². The molecule has 3 heterocycles. The minimum absolute atomic E-state index is 0.762. The van der Waals surface area contributed by atoms with Crippen LogP contribution in [0.25, 0.3) is 0 Å². The number of imidazole rings is 1. The Bertz CT molecular complexity index is 348. The highest BCUT2D eigenvalue weighted by Crippen LogP contribution is 2.32. The Morgan fingerprint density at radius 1 is 1.35 bits per heavy atom. The summed E-state index contributed by atoms with van der Waals surface area (Å²) in [6.45, 7) is 8.47. The van der Waals surface area contributed by atoms with Gasteiger partial charge in [0.15, 0.2) is 0 Å². The van der Waals surface area contributed by atoms with Crippen LogP contribution in [0, 0.1) is 11.8 Å². The number of nitrogens with one attached hydrogen (secondary N) is 1. The lowest BCUT2D eigenvalue weighted by Crippen LogP contribution is -2.34. The van der Waals surface area contributed by atoms with Crippen molar-refractivity contribution in [3.8, 4) is 0 Å². The van der Waals surface area contributed by atoms with Crippen LogP contribution in [0.15, 0.2) is 18.7 Å². The molecule has 2 fully saturated rings. The summed E-state index contributed by atoms with van der Waals surface area (Å²) in [6, 6.07) is 0.762. The van der Waals surface area contributed by atoms with Gasteiger partial charge in [-0.25, -0.2) is 4.98 Å². The monoisotopic (exact) mass is 234 g/mol. The second kappa shape index (κ2) is 4.78. The highest BCUT2D eigenvalue weighted by molar-refractivity contribution is 4.96. The van der Waals surface area contributed by atoms with Gasteiger partial charge >= 0.3 is 0 Å². The third-order valence-electron chi connectivity index (χ3n) is 4.48. The Kier molecular flexibility index (Phi) is 3.16. The van der Waals surface area contributed by atoms with Gasteiger partial charge in [0, 0.05) is 38.1 Å². The Balaban J connectivity index is 1.47. The molecule has 17 heavy (non-hydrogen) atoms. The van der Waals surface area contributed by atoms with Gasteiger partial charge in [-0.15, -0.1) is 0 Å². The number of hydrogen-bond acceptors (Lipinski definition) is 3. The van der Waals surface area contributed by atoms with Crippen molar-refractivity contribution in [2.24, 2.45) is 11.8 Å². The molecule has 4 heteroatoms. The van der Waals surface area contributed by atoms with Crippen LogP contribution in [0.2, 0.25) is 0 Å². The highest BCUT2D eigenvalue weighted by Gasteiger charge is 2.41. The first-order chi connectivity index (χ1) is 8.34. The van der Waals surface area contributed by atoms with Crippen LogP contribution in [0.1, 0.15) is 13.3 Å². The number of fused-ring (bicyclic) bond motifs is 1. The van der Waals surface area contributed by atoms with E-state index in [0.717, 1.165) is 24.4 Å². The number of hydrogen-bond donors (Lipinski definition) is 1. The molecule has 2 aliphatic heterocycles. The van der Waals surface area contributed by atoms with Gasteiger partial charge in [-0.05, 0) is 38.3 Å². The largest absolute Gasteiger partial charge is 0.337 e. The van der Waals surface area contributed by atoms with Gasteiger partial charge in [0.1, 0.15) is 0 Å². The van der Waals surface area contributed by atoms with Crippen LogP contribution in [-0.2, 0) is 6.54 Å². The van der Waals surface area contributed by atoms with Gasteiger partial charge in [-0.2, -0.15) is 0 Å². The number of rotatable bonds is 4. The van der Waals surface area contributed by atoms with E-state index in [1.165, 1.54) is 32.6 Å². The normalized spacial score (nSPS) is 33.1. The fourth-order valence-electron chi connectivity index (χ4n) is 3.43. The van der Waals surface area contributed by atoms with E-state index in [9.17, 15) is 0 Å². The van der Waals surface area contributed by atoms with E-state index >= 15 is 0 Å². The molecule has 2 saturated heterocycles. The van der Waals surface area contributed by atoms with E-state index in [1.54, 1.807) is 0 Å². The lowest BCUT2D eigenvalue weighted by atomic mass is 9.95. The van der Waals surface area contributed by atoms with Crippen LogP contribution in [0.4, 0.5) is 0 Å². The molecule has 1 aromatic heterocycles. The predicted molar refractivity (Wildman–Crippen MR) is 67.7 cm³/mol. The third kappa shape index (κ3) is 2.24. The van der Waals surface area contributed by atoms with Crippen LogP contribution in [-0.4, -0.2) is 46.7 Å². The summed E-state index contributed by atoms with van der Waals surface area (Å²) in [4.78, 5) is 6.75. The molecule has 3 unspecified atom stereocenters. The smallest absolute Gasteiger partial charge is 0.0945 e. The Labute approximate surface area is 103 Å². The lowest BCUT2D eigenvalue weighted by Gasteiger charge is -2.24. The van der Waals surface area contributed by atoms with Crippen LogP contribution < -0.4 is 5.32 Å². The van der Waals surface area contributed by atoms with Crippen molar-refractivity contribution in [3.05, 3.63) is 18.7 Å². The average Bonchev–Trinajstić information content (AvgIpc) is 3.00. The van der Waals surface area contributed by atoms with Crippen molar-refractivity contribution in [2.45, 2.75) is 25.9 Å². The number of aryl methyl sites for hydroxylation is 1. The first-order valence-corrected chi connectivity index (χ1v) is 6.75. The molecule has 0 aliphatic carbocycles. The van der Waals surface area contributed by atoms with E-state index < -0.39 is 0 Å². The average molecular weight is 234 g/mol. The number of nitrogens with zero attached hydrogens (tertiary/aromatic N) is 3. The molecule has 0 aromatic carbocycles. The third-order valence-corrected chi connectivity index (χ3v) is 4.48. The lowest BCUT2D eigenvalue weighted by molar-refractivity contribution is 0.233. The zero-order valence-electron chi connectivity index (χ0n) is 10.5. The van der Waals surface area contributed by atoms with Gasteiger partial charge in [-0.3, -0.25) is 4.90 Å². The zero-order valence-corrected chi connectivity index (χ0v) is 10.5. The molecule has 1 aromatic rings. The van der Waals surface area contributed by atoms with Gasteiger partial charge in [0.25, 0.3) is 0 Å². The molecule has 3 rings (SSSR count). The maximum Gasteiger partial charge on any atom is 0.0945 e. The standard InChI is InChI=1S/C13H22N4/c1-11-13-8-15-7-12(13)9-17(11)5-2-4-16-6-3-14-10-16/h3,6,10-13,15H,2,4-5,7-9H2,1H3. The minimum Gasteiger partial charge on any atom is -0.337 e. The number of aromatic nitrogens is 2. The van der Waals surface area contributed by atoms with Crippen molar-refractivity contribution in [1.29, 1.82) is 0 Å². The maximum absolute atomic E-state index is 4.08. The molecule has 4 nitrogen and oxygen atoms in total. The molecule has 0 bridgehead atoms. The molecule has 0 saturated carbocycles. The Morgan fingerprint density at radius 2 is 2.29 bits per heavy atom. The van der Waals surface area contributed by atoms with Gasteiger partial charge in [0.2, 0.25) is 0 Å². The van der Waals surface area contributed by atoms with Gasteiger partial charge in [-0.1, -0.05) is 0 Å². The first kappa shape index (κ1) is 11.2. The molecular formula is C13H22N4. The molecule has 0 radical (unpaired) electrons. The Morgan fingerprint density at radius 3 is 3.06 bits per heavy atom. The van der Waals surface area contributed by atoms with E-state index in [2.05, 4.69) is 26.7 Å². The van der Waals surface area contributed by atoms with Gasteiger partial charge in [0.05, 0.1) is 6.33 Å². The molecule has 1 N–H and O–H groups in total. The van der Waals surface area contributed by atoms with E-state index in [4.69, 9.17) is 0 Å². The van der Waals surface area contributed by atoms with Crippen LogP contribution in [0.5, 0.6) is 0 Å². The second-order valence-electron chi connectivity index (χ2n) is 5.47. The quantitative estimate of drug-likeness (QED) is 0.837. The molecule has 0 amide bonds. The summed E-state index contributed by atoms with van der Waals surface area (Å²) < 4.78 is 2.17. The predicted octanol–water partition coefficient (Wildman–Crippen LogP) is 0.813. The van der Waals surface area contributed by atoms with Crippen molar-refractivity contribution in [1.82, 2.24) is 19.8 Å². The van der Waals surface area contributed by atoms with E-state index in [1.807, 2.05) is 18.7 Å². The summed E-state index contributed by atoms with van der Waals surface area (Å²) in [5, 5.41) is 3.51.